The van der Waals surface area contributed by atoms with E-state index in [2.05, 4.69) is 6.92 Å². The molecule has 0 spiro atoms. The molecule has 2 heterocycles. The Bertz CT molecular complexity index is 965. The van der Waals surface area contributed by atoms with Gasteiger partial charge in [0.1, 0.15) is 11.5 Å². The molecule has 7 heteroatoms. The van der Waals surface area contributed by atoms with Crippen molar-refractivity contribution in [3.05, 3.63) is 62.4 Å². The van der Waals surface area contributed by atoms with Crippen molar-refractivity contribution in [3.63, 3.8) is 0 Å². The molecule has 4 nitrogen and oxygen atoms in total. The fourth-order valence-electron chi connectivity index (χ4n) is 2.80. The predicted molar refractivity (Wildman–Crippen MR) is 106 cm³/mol. The molecule has 2 aromatic heterocycles. The number of fused-ring (bicyclic) bond motifs is 1. The van der Waals surface area contributed by atoms with E-state index >= 15 is 0 Å². The Labute approximate surface area is 166 Å². The zero-order valence-electron chi connectivity index (χ0n) is 14.2. The van der Waals surface area contributed by atoms with Crippen LogP contribution in [0.4, 0.5) is 0 Å². The van der Waals surface area contributed by atoms with Gasteiger partial charge in [0.15, 0.2) is 0 Å². The van der Waals surface area contributed by atoms with Crippen LogP contribution in [0.25, 0.3) is 10.8 Å². The Morgan fingerprint density at radius 2 is 1.92 bits per heavy atom. The van der Waals surface area contributed by atoms with Gasteiger partial charge in [-0.15, -0.1) is 11.6 Å². The first-order valence-electron chi connectivity index (χ1n) is 8.32. The van der Waals surface area contributed by atoms with Crippen LogP contribution in [0.3, 0.4) is 0 Å². The first kappa shape index (κ1) is 19.2. The normalized spacial score (nSPS) is 11.2. The average molecular weight is 415 g/mol. The number of benzene rings is 1. The Kier molecular flexibility index (Phi) is 6.17. The zero-order chi connectivity index (χ0) is 18.7. The van der Waals surface area contributed by atoms with Crippen LogP contribution >= 0.6 is 34.8 Å². The molecule has 0 fully saturated rings. The summed E-state index contributed by atoms with van der Waals surface area (Å²) >= 11 is 18.5. The standard InChI is InChI=1S/C19H18Cl3NO3/c1-2-3-6-26-18-13-8-15(21)16(22)9-14(13)19(24)23(17(18)10-20)11-12-5-4-7-25-12/h4-5,7-9H,2-3,6,10-11H2,1H3. The van der Waals surface area contributed by atoms with E-state index in [9.17, 15) is 4.79 Å². The number of nitrogens with zero attached hydrogens (tertiary/aromatic N) is 1. The number of hydrogen-bond donors (Lipinski definition) is 0. The van der Waals surface area contributed by atoms with Gasteiger partial charge in [-0.1, -0.05) is 36.5 Å². The SMILES string of the molecule is CCCCOc1c(CCl)n(Cc2ccco2)c(=O)c2cc(Cl)c(Cl)cc12. The highest BCUT2D eigenvalue weighted by molar-refractivity contribution is 6.42. The average Bonchev–Trinajstić information content (AvgIpc) is 3.14. The molecule has 0 saturated heterocycles. The van der Waals surface area contributed by atoms with Crippen LogP contribution in [-0.2, 0) is 12.4 Å². The van der Waals surface area contributed by atoms with E-state index in [1.165, 1.54) is 0 Å². The number of aromatic nitrogens is 1. The Hall–Kier alpha value is -1.62. The third kappa shape index (κ3) is 3.73. The summed E-state index contributed by atoms with van der Waals surface area (Å²) < 4.78 is 13.0. The summed E-state index contributed by atoms with van der Waals surface area (Å²) in [6, 6.07) is 6.82. The fourth-order valence-corrected chi connectivity index (χ4v) is 3.39. The summed E-state index contributed by atoms with van der Waals surface area (Å²) in [6.07, 6.45) is 3.45. The van der Waals surface area contributed by atoms with Gasteiger partial charge in [-0.05, 0) is 30.7 Å². The molecule has 3 aromatic rings. The van der Waals surface area contributed by atoms with Crippen LogP contribution in [0.2, 0.25) is 10.0 Å². The molecule has 0 atom stereocenters. The molecule has 3 rings (SSSR count). The van der Waals surface area contributed by atoms with Crippen molar-refractivity contribution in [1.82, 2.24) is 4.57 Å². The minimum absolute atomic E-state index is 0.119. The number of halogens is 3. The van der Waals surface area contributed by atoms with Gasteiger partial charge in [0.05, 0.1) is 46.4 Å². The maximum Gasteiger partial charge on any atom is 0.259 e. The van der Waals surface area contributed by atoms with E-state index in [-0.39, 0.29) is 18.0 Å². The molecule has 0 aliphatic carbocycles. The van der Waals surface area contributed by atoms with E-state index < -0.39 is 0 Å². The summed E-state index contributed by atoms with van der Waals surface area (Å²) in [7, 11) is 0. The second-order valence-corrected chi connectivity index (χ2v) is 6.98. The van der Waals surface area contributed by atoms with Crippen molar-refractivity contribution in [2.45, 2.75) is 32.2 Å². The Balaban J connectivity index is 2.26. The molecule has 0 saturated carbocycles. The molecule has 0 unspecified atom stereocenters. The van der Waals surface area contributed by atoms with Crippen LogP contribution in [0, 0.1) is 0 Å². The van der Waals surface area contributed by atoms with E-state index in [1.807, 2.05) is 0 Å². The quantitative estimate of drug-likeness (QED) is 0.359. The molecule has 0 aliphatic heterocycles. The van der Waals surface area contributed by atoms with Crippen molar-refractivity contribution in [2.24, 2.45) is 0 Å². The molecular formula is C19H18Cl3NO3. The number of unbranched alkanes of at least 4 members (excludes halogenated alkanes) is 1. The molecule has 138 valence electrons. The van der Waals surface area contributed by atoms with Gasteiger partial charge in [-0.2, -0.15) is 0 Å². The molecule has 0 N–H and O–H groups in total. The van der Waals surface area contributed by atoms with E-state index in [0.717, 1.165) is 12.8 Å². The van der Waals surface area contributed by atoms with Gasteiger partial charge < -0.3 is 9.15 Å². The second kappa shape index (κ2) is 8.38. The lowest BCUT2D eigenvalue weighted by molar-refractivity contribution is 0.306. The fraction of sp³-hybridized carbons (Fsp3) is 0.316. The monoisotopic (exact) mass is 413 g/mol. The molecular weight excluding hydrogens is 397 g/mol. The Morgan fingerprint density at radius 3 is 2.54 bits per heavy atom. The maximum atomic E-state index is 13.1. The summed E-state index contributed by atoms with van der Waals surface area (Å²) in [5, 5.41) is 1.74. The van der Waals surface area contributed by atoms with Crippen molar-refractivity contribution in [1.29, 1.82) is 0 Å². The smallest absolute Gasteiger partial charge is 0.259 e. The molecule has 0 amide bonds. The van der Waals surface area contributed by atoms with E-state index in [0.29, 0.717) is 44.6 Å². The lowest BCUT2D eigenvalue weighted by atomic mass is 10.1. The summed E-state index contributed by atoms with van der Waals surface area (Å²) in [6.45, 7) is 2.86. The first-order chi connectivity index (χ1) is 12.6. The van der Waals surface area contributed by atoms with Crippen LogP contribution in [0.5, 0.6) is 5.75 Å². The number of ether oxygens (including phenoxy) is 1. The maximum absolute atomic E-state index is 13.1. The van der Waals surface area contributed by atoms with Crippen molar-refractivity contribution in [3.8, 4) is 5.75 Å². The summed E-state index contributed by atoms with van der Waals surface area (Å²) in [4.78, 5) is 13.1. The van der Waals surface area contributed by atoms with Crippen molar-refractivity contribution < 1.29 is 9.15 Å². The zero-order valence-corrected chi connectivity index (χ0v) is 16.5. The van der Waals surface area contributed by atoms with Crippen LogP contribution in [-0.4, -0.2) is 11.2 Å². The van der Waals surface area contributed by atoms with E-state index in [1.54, 1.807) is 35.1 Å². The second-order valence-electron chi connectivity index (χ2n) is 5.89. The van der Waals surface area contributed by atoms with Crippen molar-refractivity contribution >= 4 is 45.6 Å². The highest BCUT2D eigenvalue weighted by Gasteiger charge is 2.20. The van der Waals surface area contributed by atoms with Crippen LogP contribution in [0.15, 0.2) is 39.7 Å². The molecule has 0 bridgehead atoms. The number of rotatable bonds is 7. The molecule has 26 heavy (non-hydrogen) atoms. The molecule has 0 aliphatic rings. The van der Waals surface area contributed by atoms with Crippen molar-refractivity contribution in [2.75, 3.05) is 6.61 Å². The lowest BCUT2D eigenvalue weighted by Gasteiger charge is -2.18. The summed E-state index contributed by atoms with van der Waals surface area (Å²) in [5.41, 5.74) is 0.378. The van der Waals surface area contributed by atoms with Gasteiger partial charge in [0.2, 0.25) is 0 Å². The largest absolute Gasteiger partial charge is 0.491 e. The van der Waals surface area contributed by atoms with E-state index in [4.69, 9.17) is 44.0 Å². The number of alkyl halides is 1. The molecule has 0 radical (unpaired) electrons. The highest BCUT2D eigenvalue weighted by atomic mass is 35.5. The highest BCUT2D eigenvalue weighted by Crippen LogP contribution is 2.35. The van der Waals surface area contributed by atoms with Crippen LogP contribution in [0.1, 0.15) is 31.2 Å². The summed E-state index contributed by atoms with van der Waals surface area (Å²) in [5.74, 6) is 1.33. The molecule has 1 aromatic carbocycles. The van der Waals surface area contributed by atoms with Gasteiger partial charge in [-0.25, -0.2) is 0 Å². The lowest BCUT2D eigenvalue weighted by Crippen LogP contribution is -2.25. The Morgan fingerprint density at radius 1 is 1.19 bits per heavy atom. The topological polar surface area (TPSA) is 44.4 Å². The minimum Gasteiger partial charge on any atom is -0.491 e. The number of hydrogen-bond acceptors (Lipinski definition) is 3. The van der Waals surface area contributed by atoms with Gasteiger partial charge in [0.25, 0.3) is 5.56 Å². The third-order valence-corrected chi connectivity index (χ3v) is 5.11. The predicted octanol–water partition coefficient (Wildman–Crippen LogP) is 5.87. The third-order valence-electron chi connectivity index (χ3n) is 4.13. The van der Waals surface area contributed by atoms with Crippen LogP contribution < -0.4 is 10.3 Å². The first-order valence-corrected chi connectivity index (χ1v) is 9.61. The minimum atomic E-state index is -0.214. The van der Waals surface area contributed by atoms with Gasteiger partial charge in [-0.3, -0.25) is 9.36 Å². The number of furan rings is 1. The van der Waals surface area contributed by atoms with Gasteiger partial charge in [0, 0.05) is 5.39 Å². The number of pyridine rings is 1. The van der Waals surface area contributed by atoms with Gasteiger partial charge >= 0.3 is 0 Å².